The first-order chi connectivity index (χ1) is 5.74. The molecule has 0 amide bonds. The Hall–Kier alpha value is -0.0800. The third-order valence-electron chi connectivity index (χ3n) is 2.30. The molecule has 0 aliphatic rings. The summed E-state index contributed by atoms with van der Waals surface area (Å²) < 4.78 is 0. The maximum absolute atomic E-state index is 8.97. The first kappa shape index (κ1) is 11.9. The molecule has 0 radical (unpaired) electrons. The Morgan fingerprint density at radius 1 is 1.33 bits per heavy atom. The third-order valence-corrected chi connectivity index (χ3v) is 2.30. The Morgan fingerprint density at radius 3 is 2.42 bits per heavy atom. The van der Waals surface area contributed by atoms with Crippen LogP contribution in [0.5, 0.6) is 0 Å². The number of aliphatic hydroxyl groups excluding tert-OH is 1. The molecule has 0 fully saturated rings. The highest BCUT2D eigenvalue weighted by molar-refractivity contribution is 4.60. The molecule has 74 valence electrons. The molecule has 1 N–H and O–H groups in total. The zero-order valence-corrected chi connectivity index (χ0v) is 8.71. The Labute approximate surface area is 76.6 Å². The second kappa shape index (κ2) is 7.56. The predicted octanol–water partition coefficient (Wildman–Crippen LogP) is 1.74. The molecule has 1 unspecified atom stereocenters. The molecule has 0 aliphatic heterocycles. The first-order valence-electron chi connectivity index (χ1n) is 5.03. The van der Waals surface area contributed by atoms with Crippen LogP contribution in [0.25, 0.3) is 0 Å². The van der Waals surface area contributed by atoms with Crippen LogP contribution < -0.4 is 0 Å². The highest BCUT2D eigenvalue weighted by atomic mass is 16.3. The quantitative estimate of drug-likeness (QED) is 0.634. The molecule has 0 rings (SSSR count). The van der Waals surface area contributed by atoms with E-state index in [4.69, 9.17) is 5.11 Å². The van der Waals surface area contributed by atoms with E-state index in [-0.39, 0.29) is 0 Å². The largest absolute Gasteiger partial charge is 0.396 e. The van der Waals surface area contributed by atoms with Crippen LogP contribution in [-0.4, -0.2) is 36.8 Å². The molecule has 12 heavy (non-hydrogen) atoms. The molecular formula is C10H23NO. The minimum Gasteiger partial charge on any atom is -0.396 e. The maximum atomic E-state index is 8.97. The van der Waals surface area contributed by atoms with Crippen LogP contribution in [0.3, 0.4) is 0 Å². The van der Waals surface area contributed by atoms with E-state index >= 15 is 0 Å². The van der Waals surface area contributed by atoms with E-state index in [2.05, 4.69) is 25.8 Å². The molecule has 2 nitrogen and oxygen atoms in total. The van der Waals surface area contributed by atoms with Crippen molar-refractivity contribution in [2.75, 3.05) is 26.7 Å². The second-order valence-corrected chi connectivity index (χ2v) is 3.57. The van der Waals surface area contributed by atoms with Crippen LogP contribution in [0.4, 0.5) is 0 Å². The fourth-order valence-corrected chi connectivity index (χ4v) is 1.28. The van der Waals surface area contributed by atoms with Gasteiger partial charge in [-0.05, 0) is 32.4 Å². The number of hydrogen-bond donors (Lipinski definition) is 1. The van der Waals surface area contributed by atoms with Crippen molar-refractivity contribution in [3.63, 3.8) is 0 Å². The average Bonchev–Trinajstić information content (AvgIpc) is 2.10. The second-order valence-electron chi connectivity index (χ2n) is 3.57. The van der Waals surface area contributed by atoms with Gasteiger partial charge in [-0.2, -0.15) is 0 Å². The summed E-state index contributed by atoms with van der Waals surface area (Å²) in [6, 6.07) is 0. The summed E-state index contributed by atoms with van der Waals surface area (Å²) in [5.41, 5.74) is 0. The summed E-state index contributed by atoms with van der Waals surface area (Å²) in [4.78, 5) is 2.31. The van der Waals surface area contributed by atoms with Crippen LogP contribution in [0.15, 0.2) is 0 Å². The zero-order valence-electron chi connectivity index (χ0n) is 8.71. The minimum absolute atomic E-state index is 0.326. The van der Waals surface area contributed by atoms with Gasteiger partial charge in [-0.25, -0.2) is 0 Å². The maximum Gasteiger partial charge on any atom is 0.0471 e. The van der Waals surface area contributed by atoms with Gasteiger partial charge in [0.05, 0.1) is 0 Å². The van der Waals surface area contributed by atoms with Gasteiger partial charge in [-0.3, -0.25) is 0 Å². The summed E-state index contributed by atoms with van der Waals surface area (Å²) >= 11 is 0. The number of nitrogens with zero attached hydrogens (tertiary/aromatic N) is 1. The SMILES string of the molecule is CCCCN(C)CC(CC)CO. The van der Waals surface area contributed by atoms with Gasteiger partial charge in [0.15, 0.2) is 0 Å². The lowest BCUT2D eigenvalue weighted by Gasteiger charge is -2.21. The van der Waals surface area contributed by atoms with Gasteiger partial charge in [0, 0.05) is 13.2 Å². The topological polar surface area (TPSA) is 23.5 Å². The van der Waals surface area contributed by atoms with Crippen molar-refractivity contribution in [1.82, 2.24) is 4.90 Å². The Kier molecular flexibility index (Phi) is 7.51. The minimum atomic E-state index is 0.326. The standard InChI is InChI=1S/C10H23NO/c1-4-6-7-11(3)8-10(5-2)9-12/h10,12H,4-9H2,1-3H3. The molecule has 0 aliphatic carbocycles. The third kappa shape index (κ3) is 5.56. The molecule has 0 aromatic carbocycles. The van der Waals surface area contributed by atoms with E-state index in [1.165, 1.54) is 12.8 Å². The first-order valence-corrected chi connectivity index (χ1v) is 5.03. The fraction of sp³-hybridized carbons (Fsp3) is 1.00. The van der Waals surface area contributed by atoms with Gasteiger partial charge in [0.2, 0.25) is 0 Å². The molecular weight excluding hydrogens is 150 g/mol. The molecule has 0 saturated heterocycles. The van der Waals surface area contributed by atoms with Crippen molar-refractivity contribution in [2.45, 2.75) is 33.1 Å². The lowest BCUT2D eigenvalue weighted by molar-refractivity contribution is 0.175. The van der Waals surface area contributed by atoms with E-state index in [1.807, 2.05) is 0 Å². The Morgan fingerprint density at radius 2 is 2.00 bits per heavy atom. The van der Waals surface area contributed by atoms with Gasteiger partial charge >= 0.3 is 0 Å². The van der Waals surface area contributed by atoms with Crippen molar-refractivity contribution < 1.29 is 5.11 Å². The normalized spacial score (nSPS) is 13.8. The summed E-state index contributed by atoms with van der Waals surface area (Å²) in [6.45, 7) is 6.86. The van der Waals surface area contributed by atoms with Crippen molar-refractivity contribution in [2.24, 2.45) is 5.92 Å². The van der Waals surface area contributed by atoms with Crippen LogP contribution in [0, 0.1) is 5.92 Å². The van der Waals surface area contributed by atoms with Gasteiger partial charge in [0.1, 0.15) is 0 Å². The lowest BCUT2D eigenvalue weighted by Crippen LogP contribution is -2.28. The summed E-state index contributed by atoms with van der Waals surface area (Å²) in [5, 5.41) is 8.97. The summed E-state index contributed by atoms with van der Waals surface area (Å²) in [7, 11) is 2.13. The molecule has 2 heteroatoms. The molecule has 0 bridgehead atoms. The van der Waals surface area contributed by atoms with Crippen molar-refractivity contribution in [3.05, 3.63) is 0 Å². The van der Waals surface area contributed by atoms with Crippen molar-refractivity contribution in [1.29, 1.82) is 0 Å². The number of aliphatic hydroxyl groups is 1. The smallest absolute Gasteiger partial charge is 0.0471 e. The van der Waals surface area contributed by atoms with Gasteiger partial charge < -0.3 is 10.0 Å². The van der Waals surface area contributed by atoms with E-state index in [9.17, 15) is 0 Å². The van der Waals surface area contributed by atoms with Crippen molar-refractivity contribution >= 4 is 0 Å². The molecule has 0 spiro atoms. The fourth-order valence-electron chi connectivity index (χ4n) is 1.28. The Bertz CT molecular complexity index is 91.8. The van der Waals surface area contributed by atoms with Gasteiger partial charge in [-0.15, -0.1) is 0 Å². The highest BCUT2D eigenvalue weighted by Crippen LogP contribution is 2.03. The number of hydrogen-bond acceptors (Lipinski definition) is 2. The van der Waals surface area contributed by atoms with Gasteiger partial charge in [0.25, 0.3) is 0 Å². The molecule has 1 atom stereocenters. The monoisotopic (exact) mass is 173 g/mol. The lowest BCUT2D eigenvalue weighted by atomic mass is 10.1. The molecule has 0 aromatic rings. The van der Waals surface area contributed by atoms with Crippen LogP contribution in [-0.2, 0) is 0 Å². The summed E-state index contributed by atoms with van der Waals surface area (Å²) in [6.07, 6.45) is 3.59. The number of rotatable bonds is 7. The Balaban J connectivity index is 3.44. The van der Waals surface area contributed by atoms with E-state index in [0.29, 0.717) is 12.5 Å². The van der Waals surface area contributed by atoms with E-state index in [0.717, 1.165) is 19.5 Å². The zero-order chi connectivity index (χ0) is 9.40. The average molecular weight is 173 g/mol. The highest BCUT2D eigenvalue weighted by Gasteiger charge is 2.07. The molecule has 0 saturated carbocycles. The van der Waals surface area contributed by atoms with E-state index < -0.39 is 0 Å². The molecule has 0 aromatic heterocycles. The van der Waals surface area contributed by atoms with Crippen LogP contribution in [0.1, 0.15) is 33.1 Å². The van der Waals surface area contributed by atoms with Crippen LogP contribution >= 0.6 is 0 Å². The van der Waals surface area contributed by atoms with Crippen LogP contribution in [0.2, 0.25) is 0 Å². The predicted molar refractivity (Wildman–Crippen MR) is 53.3 cm³/mol. The van der Waals surface area contributed by atoms with Gasteiger partial charge in [-0.1, -0.05) is 20.3 Å². The molecule has 0 heterocycles. The van der Waals surface area contributed by atoms with E-state index in [1.54, 1.807) is 0 Å². The summed E-state index contributed by atoms with van der Waals surface area (Å²) in [5.74, 6) is 0.465. The van der Waals surface area contributed by atoms with Crippen molar-refractivity contribution in [3.8, 4) is 0 Å². The number of unbranched alkanes of at least 4 members (excludes halogenated alkanes) is 1.